The van der Waals surface area contributed by atoms with Gasteiger partial charge in [0.1, 0.15) is 5.75 Å². The van der Waals surface area contributed by atoms with Gasteiger partial charge in [-0.2, -0.15) is 9.50 Å². The van der Waals surface area contributed by atoms with Gasteiger partial charge >= 0.3 is 0 Å². The number of aromatic nitrogens is 4. The molecule has 6 heteroatoms. The van der Waals surface area contributed by atoms with Gasteiger partial charge in [-0.1, -0.05) is 30.3 Å². The first-order chi connectivity index (χ1) is 13.7. The minimum atomic E-state index is 0.103. The maximum absolute atomic E-state index is 12.7. The fraction of sp³-hybridized carbons (Fsp3) is 0.182. The summed E-state index contributed by atoms with van der Waals surface area (Å²) in [6.45, 7) is 0. The van der Waals surface area contributed by atoms with Gasteiger partial charge in [0.25, 0.3) is 5.78 Å². The zero-order valence-corrected chi connectivity index (χ0v) is 15.4. The van der Waals surface area contributed by atoms with Crippen LogP contribution in [0.5, 0.6) is 5.75 Å². The smallest absolute Gasteiger partial charge is 0.252 e. The zero-order valence-electron chi connectivity index (χ0n) is 15.4. The highest BCUT2D eigenvalue weighted by Gasteiger charge is 2.29. The van der Waals surface area contributed by atoms with Crippen LogP contribution in [-0.4, -0.2) is 32.5 Å². The fourth-order valence-corrected chi connectivity index (χ4v) is 3.77. The molecule has 2 heterocycles. The standard InChI is InChI=1S/C22H18N4O2/c1-28-17-9-7-15(8-10-17)21-24-22-23-13-18-19(26(22)25-21)11-16(12-20(18)27)14-5-3-2-4-6-14/h2-10,13,16H,11-12H2,1H3. The first-order valence-corrected chi connectivity index (χ1v) is 9.20. The van der Waals surface area contributed by atoms with Gasteiger partial charge in [0.2, 0.25) is 0 Å². The Morgan fingerprint density at radius 3 is 2.57 bits per heavy atom. The Morgan fingerprint density at radius 2 is 1.82 bits per heavy atom. The number of ether oxygens (including phenoxy) is 1. The average Bonchev–Trinajstić information content (AvgIpc) is 3.19. The Hall–Kier alpha value is -3.54. The maximum atomic E-state index is 12.7. The Kier molecular flexibility index (Phi) is 3.90. The van der Waals surface area contributed by atoms with E-state index in [1.807, 2.05) is 42.5 Å². The summed E-state index contributed by atoms with van der Waals surface area (Å²) in [5.74, 6) is 2.11. The third-order valence-electron chi connectivity index (χ3n) is 5.26. The molecule has 6 nitrogen and oxygen atoms in total. The van der Waals surface area contributed by atoms with Crippen molar-refractivity contribution < 1.29 is 9.53 Å². The minimum Gasteiger partial charge on any atom is -0.497 e. The largest absolute Gasteiger partial charge is 0.497 e. The predicted molar refractivity (Wildman–Crippen MR) is 105 cm³/mol. The van der Waals surface area contributed by atoms with E-state index in [2.05, 4.69) is 27.2 Å². The van der Waals surface area contributed by atoms with Gasteiger partial charge in [-0.15, -0.1) is 5.10 Å². The number of nitrogens with zero attached hydrogens (tertiary/aromatic N) is 4. The molecular formula is C22H18N4O2. The number of carbonyl (C=O) groups excluding carboxylic acids is 1. The second kappa shape index (κ2) is 6.56. The molecule has 1 unspecified atom stereocenters. The van der Waals surface area contributed by atoms with Crippen molar-refractivity contribution in [3.05, 3.63) is 77.6 Å². The molecule has 2 aromatic heterocycles. The Morgan fingerprint density at radius 1 is 1.04 bits per heavy atom. The van der Waals surface area contributed by atoms with E-state index in [9.17, 15) is 4.79 Å². The molecule has 0 fully saturated rings. The average molecular weight is 370 g/mol. The number of ketones is 1. The Balaban J connectivity index is 1.59. The van der Waals surface area contributed by atoms with E-state index >= 15 is 0 Å². The lowest BCUT2D eigenvalue weighted by atomic mass is 9.82. The molecule has 5 rings (SSSR count). The molecule has 1 aliphatic rings. The molecule has 4 aromatic rings. The molecule has 138 valence electrons. The van der Waals surface area contributed by atoms with Crippen molar-refractivity contribution in [1.82, 2.24) is 19.6 Å². The van der Waals surface area contributed by atoms with Crippen molar-refractivity contribution in [2.24, 2.45) is 0 Å². The molecule has 0 N–H and O–H groups in total. The Bertz CT molecular complexity index is 1170. The number of fused-ring (bicyclic) bond motifs is 3. The highest BCUT2D eigenvalue weighted by atomic mass is 16.5. The van der Waals surface area contributed by atoms with Crippen molar-refractivity contribution in [2.75, 3.05) is 7.11 Å². The van der Waals surface area contributed by atoms with Gasteiger partial charge in [-0.3, -0.25) is 4.79 Å². The van der Waals surface area contributed by atoms with Crippen LogP contribution >= 0.6 is 0 Å². The minimum absolute atomic E-state index is 0.103. The SMILES string of the molecule is COc1ccc(-c2nc3ncc4c(n3n2)CC(c2ccccc2)CC4=O)cc1. The maximum Gasteiger partial charge on any atom is 0.252 e. The lowest BCUT2D eigenvalue weighted by molar-refractivity contribution is 0.0962. The third kappa shape index (κ3) is 2.74. The molecule has 0 spiro atoms. The summed E-state index contributed by atoms with van der Waals surface area (Å²) < 4.78 is 6.93. The highest BCUT2D eigenvalue weighted by Crippen LogP contribution is 2.32. The molecule has 1 atom stereocenters. The number of hydrogen-bond acceptors (Lipinski definition) is 5. The van der Waals surface area contributed by atoms with Crippen molar-refractivity contribution in [1.29, 1.82) is 0 Å². The zero-order chi connectivity index (χ0) is 19.1. The number of methoxy groups -OCH3 is 1. The summed E-state index contributed by atoms with van der Waals surface area (Å²) in [7, 11) is 1.63. The first-order valence-electron chi connectivity index (χ1n) is 9.20. The summed E-state index contributed by atoms with van der Waals surface area (Å²) in [6, 6.07) is 17.7. The van der Waals surface area contributed by atoms with Crippen molar-refractivity contribution in [3.8, 4) is 17.1 Å². The van der Waals surface area contributed by atoms with E-state index in [0.717, 1.165) is 23.4 Å². The molecule has 0 saturated carbocycles. The van der Waals surface area contributed by atoms with Gasteiger partial charge in [-0.25, -0.2) is 4.98 Å². The van der Waals surface area contributed by atoms with E-state index in [0.29, 0.717) is 23.6 Å². The summed E-state index contributed by atoms with van der Waals surface area (Å²) in [6.07, 6.45) is 2.86. The normalized spacial score (nSPS) is 16.2. The predicted octanol–water partition coefficient (Wildman–Crippen LogP) is 3.71. The summed E-state index contributed by atoms with van der Waals surface area (Å²) in [5, 5.41) is 4.66. The highest BCUT2D eigenvalue weighted by molar-refractivity contribution is 5.98. The van der Waals surface area contributed by atoms with Crippen molar-refractivity contribution in [2.45, 2.75) is 18.8 Å². The van der Waals surface area contributed by atoms with Crippen LogP contribution in [0.25, 0.3) is 17.2 Å². The van der Waals surface area contributed by atoms with Gasteiger partial charge in [0.15, 0.2) is 11.6 Å². The fourth-order valence-electron chi connectivity index (χ4n) is 3.77. The molecule has 0 amide bonds. The van der Waals surface area contributed by atoms with E-state index in [4.69, 9.17) is 4.74 Å². The molecule has 2 aromatic carbocycles. The van der Waals surface area contributed by atoms with Crippen LogP contribution in [0.1, 0.15) is 34.0 Å². The third-order valence-corrected chi connectivity index (χ3v) is 5.26. The summed E-state index contributed by atoms with van der Waals surface area (Å²) in [5.41, 5.74) is 3.57. The molecule has 0 saturated heterocycles. The molecular weight excluding hydrogens is 352 g/mol. The van der Waals surface area contributed by atoms with E-state index < -0.39 is 0 Å². The lowest BCUT2D eigenvalue weighted by Gasteiger charge is -2.23. The van der Waals surface area contributed by atoms with Crippen molar-refractivity contribution in [3.63, 3.8) is 0 Å². The van der Waals surface area contributed by atoms with Gasteiger partial charge in [-0.05, 0) is 42.2 Å². The number of carbonyl (C=O) groups is 1. The van der Waals surface area contributed by atoms with Gasteiger partial charge < -0.3 is 4.74 Å². The number of rotatable bonds is 3. The Labute approximate surface area is 161 Å². The van der Waals surface area contributed by atoms with Crippen LogP contribution in [0.15, 0.2) is 60.8 Å². The molecule has 28 heavy (non-hydrogen) atoms. The van der Waals surface area contributed by atoms with Crippen molar-refractivity contribution >= 4 is 11.6 Å². The topological polar surface area (TPSA) is 69.4 Å². The van der Waals surface area contributed by atoms with E-state index in [1.165, 1.54) is 5.56 Å². The lowest BCUT2D eigenvalue weighted by Crippen LogP contribution is -2.22. The van der Waals surface area contributed by atoms with E-state index in [-0.39, 0.29) is 11.7 Å². The van der Waals surface area contributed by atoms with Crippen LogP contribution in [0.3, 0.4) is 0 Å². The quantitative estimate of drug-likeness (QED) is 0.550. The number of benzene rings is 2. The monoisotopic (exact) mass is 370 g/mol. The number of Topliss-reactive ketones (excluding diaryl/α,β-unsaturated/α-hetero) is 1. The van der Waals surface area contributed by atoms with Crippen LogP contribution in [0, 0.1) is 0 Å². The van der Waals surface area contributed by atoms with Crippen LogP contribution in [0.2, 0.25) is 0 Å². The van der Waals surface area contributed by atoms with Gasteiger partial charge in [0, 0.05) is 18.2 Å². The van der Waals surface area contributed by atoms with Crippen LogP contribution in [0.4, 0.5) is 0 Å². The molecule has 0 bridgehead atoms. The summed E-state index contributed by atoms with van der Waals surface area (Å²) >= 11 is 0. The molecule has 0 radical (unpaired) electrons. The summed E-state index contributed by atoms with van der Waals surface area (Å²) in [4.78, 5) is 21.7. The second-order valence-corrected chi connectivity index (χ2v) is 6.93. The molecule has 0 aliphatic heterocycles. The first kappa shape index (κ1) is 16.6. The van der Waals surface area contributed by atoms with Crippen LogP contribution in [-0.2, 0) is 6.42 Å². The number of hydrogen-bond donors (Lipinski definition) is 0. The van der Waals surface area contributed by atoms with Gasteiger partial charge in [0.05, 0.1) is 18.4 Å². The molecule has 1 aliphatic carbocycles. The van der Waals surface area contributed by atoms with E-state index in [1.54, 1.807) is 17.8 Å². The van der Waals surface area contributed by atoms with Crippen LogP contribution < -0.4 is 4.74 Å². The second-order valence-electron chi connectivity index (χ2n) is 6.93.